The number of sulfonamides is 1. The topological polar surface area (TPSA) is 96.4 Å². The molecule has 4 rings (SSSR count). The van der Waals surface area contributed by atoms with E-state index in [4.69, 9.17) is 0 Å². The number of nitrogens with one attached hydrogen (secondary N) is 1. The van der Waals surface area contributed by atoms with Gasteiger partial charge in [0.2, 0.25) is 0 Å². The van der Waals surface area contributed by atoms with Gasteiger partial charge in [0.1, 0.15) is 5.01 Å². The second-order valence-corrected chi connectivity index (χ2v) is 10.1. The minimum atomic E-state index is -3.94. The van der Waals surface area contributed by atoms with E-state index in [-0.39, 0.29) is 10.5 Å². The first-order chi connectivity index (χ1) is 14.6. The molecule has 0 spiro atoms. The van der Waals surface area contributed by atoms with Gasteiger partial charge in [-0.2, -0.15) is 0 Å². The van der Waals surface area contributed by atoms with E-state index in [9.17, 15) is 18.3 Å². The zero-order valence-electron chi connectivity index (χ0n) is 17.1. The van der Waals surface area contributed by atoms with Crippen molar-refractivity contribution < 1.29 is 18.3 Å². The van der Waals surface area contributed by atoms with Crippen molar-refractivity contribution in [1.29, 1.82) is 0 Å². The molecule has 2 N–H and O–H groups in total. The standard InChI is InChI=1S/C23H20N2O4S2/c1-13-4-9-20-21(10-13)30-22(24-20)16-5-7-17(8-6-16)25-31(28,29)18-11-14(2)15(3)19(12-18)23(26)27/h4-12,25H,1-3H3,(H,26,27). The lowest BCUT2D eigenvalue weighted by Gasteiger charge is -2.12. The van der Waals surface area contributed by atoms with Crippen molar-refractivity contribution in [2.45, 2.75) is 25.7 Å². The molecule has 0 aliphatic carbocycles. The van der Waals surface area contributed by atoms with Crippen LogP contribution in [0.15, 0.2) is 59.5 Å². The number of fused-ring (bicyclic) bond motifs is 1. The molecule has 0 saturated heterocycles. The van der Waals surface area contributed by atoms with E-state index in [0.717, 1.165) is 20.8 Å². The predicted octanol–water partition coefficient (Wildman–Crippen LogP) is 5.39. The van der Waals surface area contributed by atoms with Crippen LogP contribution in [-0.2, 0) is 10.0 Å². The van der Waals surface area contributed by atoms with E-state index >= 15 is 0 Å². The van der Waals surface area contributed by atoms with E-state index in [1.165, 1.54) is 17.7 Å². The summed E-state index contributed by atoms with van der Waals surface area (Å²) in [6.07, 6.45) is 0. The molecule has 158 valence electrons. The predicted molar refractivity (Wildman–Crippen MR) is 123 cm³/mol. The number of carbonyl (C=O) groups is 1. The monoisotopic (exact) mass is 452 g/mol. The van der Waals surface area contributed by atoms with E-state index < -0.39 is 16.0 Å². The molecule has 31 heavy (non-hydrogen) atoms. The molecule has 0 aliphatic rings. The summed E-state index contributed by atoms with van der Waals surface area (Å²) < 4.78 is 29.3. The van der Waals surface area contributed by atoms with Gasteiger partial charge in [0.05, 0.1) is 20.7 Å². The van der Waals surface area contributed by atoms with Crippen molar-refractivity contribution >= 4 is 43.2 Å². The molecule has 4 aromatic rings. The number of thiazole rings is 1. The smallest absolute Gasteiger partial charge is 0.336 e. The van der Waals surface area contributed by atoms with Crippen molar-refractivity contribution in [3.63, 3.8) is 0 Å². The third kappa shape index (κ3) is 4.17. The Morgan fingerprint density at radius 1 is 1.00 bits per heavy atom. The van der Waals surface area contributed by atoms with Crippen molar-refractivity contribution in [3.05, 3.63) is 76.9 Å². The first kappa shape index (κ1) is 21.0. The number of hydrogen-bond donors (Lipinski definition) is 2. The number of aromatic carboxylic acids is 1. The van der Waals surface area contributed by atoms with Gasteiger partial charge in [0.25, 0.3) is 10.0 Å². The number of nitrogens with zero attached hydrogens (tertiary/aromatic N) is 1. The number of rotatable bonds is 5. The fraction of sp³-hybridized carbons (Fsp3) is 0.130. The third-order valence-corrected chi connectivity index (χ3v) is 7.54. The van der Waals surface area contributed by atoms with Crippen LogP contribution in [0.4, 0.5) is 5.69 Å². The van der Waals surface area contributed by atoms with Crippen LogP contribution in [0.1, 0.15) is 27.0 Å². The molecule has 0 saturated carbocycles. The summed E-state index contributed by atoms with van der Waals surface area (Å²) >= 11 is 1.58. The van der Waals surface area contributed by atoms with Gasteiger partial charge in [-0.3, -0.25) is 4.72 Å². The van der Waals surface area contributed by atoms with Gasteiger partial charge in [-0.25, -0.2) is 18.2 Å². The zero-order valence-corrected chi connectivity index (χ0v) is 18.8. The van der Waals surface area contributed by atoms with Gasteiger partial charge >= 0.3 is 5.97 Å². The molecule has 0 radical (unpaired) electrons. The van der Waals surface area contributed by atoms with Gasteiger partial charge in [-0.1, -0.05) is 6.07 Å². The molecule has 3 aromatic carbocycles. The highest BCUT2D eigenvalue weighted by Gasteiger charge is 2.20. The van der Waals surface area contributed by atoms with E-state index in [1.807, 2.05) is 31.2 Å². The maximum Gasteiger partial charge on any atom is 0.336 e. The quantitative estimate of drug-likeness (QED) is 0.423. The Bertz CT molecular complexity index is 1420. The number of aromatic nitrogens is 1. The molecule has 0 amide bonds. The second-order valence-electron chi connectivity index (χ2n) is 7.39. The average molecular weight is 453 g/mol. The first-order valence-electron chi connectivity index (χ1n) is 9.49. The Morgan fingerprint density at radius 2 is 1.71 bits per heavy atom. The van der Waals surface area contributed by atoms with Gasteiger partial charge in [-0.15, -0.1) is 11.3 Å². The molecule has 6 nitrogen and oxygen atoms in total. The molecule has 0 atom stereocenters. The highest BCUT2D eigenvalue weighted by Crippen LogP contribution is 2.31. The molecule has 0 bridgehead atoms. The summed E-state index contributed by atoms with van der Waals surface area (Å²) in [5, 5.41) is 10.2. The molecule has 8 heteroatoms. The Morgan fingerprint density at radius 3 is 2.39 bits per heavy atom. The van der Waals surface area contributed by atoms with Crippen LogP contribution < -0.4 is 4.72 Å². The molecular weight excluding hydrogens is 432 g/mol. The maximum atomic E-state index is 12.8. The van der Waals surface area contributed by atoms with Gasteiger partial charge in [0, 0.05) is 11.3 Å². The van der Waals surface area contributed by atoms with E-state index in [2.05, 4.69) is 15.8 Å². The Hall–Kier alpha value is -3.23. The van der Waals surface area contributed by atoms with Crippen LogP contribution in [0.3, 0.4) is 0 Å². The van der Waals surface area contributed by atoms with Crippen molar-refractivity contribution in [1.82, 2.24) is 4.98 Å². The largest absolute Gasteiger partial charge is 0.478 e. The van der Waals surface area contributed by atoms with Crippen molar-refractivity contribution in [3.8, 4) is 10.6 Å². The summed E-state index contributed by atoms with van der Waals surface area (Å²) in [6, 6.07) is 15.7. The van der Waals surface area contributed by atoms with Crippen LogP contribution >= 0.6 is 11.3 Å². The Balaban J connectivity index is 1.61. The summed E-state index contributed by atoms with van der Waals surface area (Å²) in [5.74, 6) is -1.16. The summed E-state index contributed by atoms with van der Waals surface area (Å²) in [6.45, 7) is 5.38. The number of carboxylic acids is 1. The van der Waals surface area contributed by atoms with Crippen LogP contribution in [0.5, 0.6) is 0 Å². The lowest BCUT2D eigenvalue weighted by molar-refractivity contribution is 0.0695. The SMILES string of the molecule is Cc1ccc2nc(-c3ccc(NS(=O)(=O)c4cc(C)c(C)c(C(=O)O)c4)cc3)sc2c1. The molecule has 1 heterocycles. The fourth-order valence-electron chi connectivity index (χ4n) is 3.25. The van der Waals surface area contributed by atoms with Crippen molar-refractivity contribution in [2.24, 2.45) is 0 Å². The molecule has 0 aliphatic heterocycles. The van der Waals surface area contributed by atoms with Gasteiger partial charge < -0.3 is 5.11 Å². The summed E-state index contributed by atoms with van der Waals surface area (Å²) in [4.78, 5) is 16.0. The number of hydrogen-bond acceptors (Lipinski definition) is 5. The van der Waals surface area contributed by atoms with Gasteiger partial charge in [-0.05, 0) is 86.0 Å². The van der Waals surface area contributed by atoms with Crippen LogP contribution in [0.25, 0.3) is 20.8 Å². The maximum absolute atomic E-state index is 12.8. The Kier molecular flexibility index (Phi) is 5.28. The van der Waals surface area contributed by atoms with E-state index in [0.29, 0.717) is 16.8 Å². The van der Waals surface area contributed by atoms with E-state index in [1.54, 1.807) is 37.3 Å². The van der Waals surface area contributed by atoms with Crippen LogP contribution in [0.2, 0.25) is 0 Å². The normalized spacial score (nSPS) is 11.6. The lowest BCUT2D eigenvalue weighted by atomic mass is 10.0. The van der Waals surface area contributed by atoms with Crippen LogP contribution in [-0.4, -0.2) is 24.5 Å². The highest BCUT2D eigenvalue weighted by molar-refractivity contribution is 7.92. The minimum Gasteiger partial charge on any atom is -0.478 e. The molecule has 1 aromatic heterocycles. The van der Waals surface area contributed by atoms with Crippen molar-refractivity contribution in [2.75, 3.05) is 4.72 Å². The third-order valence-electron chi connectivity index (χ3n) is 5.11. The molecule has 0 fully saturated rings. The fourth-order valence-corrected chi connectivity index (χ4v) is 5.49. The number of aryl methyl sites for hydroxylation is 2. The minimum absolute atomic E-state index is 0.0261. The molecule has 0 unspecified atom stereocenters. The number of anilines is 1. The lowest BCUT2D eigenvalue weighted by Crippen LogP contribution is -2.15. The van der Waals surface area contributed by atoms with Crippen LogP contribution in [0, 0.1) is 20.8 Å². The number of benzene rings is 3. The van der Waals surface area contributed by atoms with Gasteiger partial charge in [0.15, 0.2) is 0 Å². The Labute approximate surface area is 184 Å². The summed E-state index contributed by atoms with van der Waals surface area (Å²) in [7, 11) is -3.94. The first-order valence-corrected chi connectivity index (χ1v) is 11.8. The highest BCUT2D eigenvalue weighted by atomic mass is 32.2. The summed E-state index contributed by atoms with van der Waals surface area (Å²) in [5.41, 5.74) is 4.49. The average Bonchev–Trinajstić information content (AvgIpc) is 3.13. The number of carboxylic acid groups (broad SMARTS) is 1. The molecular formula is C23H20N2O4S2. The zero-order chi connectivity index (χ0) is 22.3. The second kappa shape index (κ2) is 7.79.